The lowest BCUT2D eigenvalue weighted by atomic mass is 10.2. The molecular weight excluding hydrogens is 210 g/mol. The molecule has 2 nitrogen and oxygen atoms in total. The maximum atomic E-state index is 5.85. The van der Waals surface area contributed by atoms with Crippen LogP contribution in [0.4, 0.5) is 0 Å². The van der Waals surface area contributed by atoms with Gasteiger partial charge in [0.2, 0.25) is 0 Å². The highest BCUT2D eigenvalue weighted by molar-refractivity contribution is 5.85. The van der Waals surface area contributed by atoms with Crippen LogP contribution in [0.15, 0.2) is 66.9 Å². The maximum absolute atomic E-state index is 5.85. The number of nitrogens with zero attached hydrogens (tertiary/aromatic N) is 1. The Hall–Kier alpha value is -2.35. The van der Waals surface area contributed by atoms with Crippen molar-refractivity contribution in [1.29, 1.82) is 0 Å². The van der Waals surface area contributed by atoms with Crippen LogP contribution in [0.1, 0.15) is 0 Å². The number of rotatable bonds is 2. The first kappa shape index (κ1) is 9.85. The van der Waals surface area contributed by atoms with Crippen molar-refractivity contribution in [3.63, 3.8) is 0 Å². The van der Waals surface area contributed by atoms with Crippen LogP contribution < -0.4 is 4.74 Å². The molecule has 0 aliphatic carbocycles. The molecule has 0 amide bonds. The van der Waals surface area contributed by atoms with Crippen LogP contribution in [0.3, 0.4) is 0 Å². The molecule has 3 rings (SSSR count). The monoisotopic (exact) mass is 221 g/mol. The van der Waals surface area contributed by atoms with Crippen LogP contribution in [-0.2, 0) is 0 Å². The fraction of sp³-hybridized carbons (Fsp3) is 0. The number of pyridine rings is 1. The van der Waals surface area contributed by atoms with Crippen molar-refractivity contribution in [2.45, 2.75) is 0 Å². The van der Waals surface area contributed by atoms with Gasteiger partial charge in [-0.05, 0) is 36.4 Å². The Morgan fingerprint density at radius 1 is 0.765 bits per heavy atom. The van der Waals surface area contributed by atoms with Gasteiger partial charge in [-0.15, -0.1) is 0 Å². The quantitative estimate of drug-likeness (QED) is 0.651. The summed E-state index contributed by atoms with van der Waals surface area (Å²) in [5.74, 6) is 1.67. The van der Waals surface area contributed by atoms with E-state index in [4.69, 9.17) is 4.74 Å². The molecule has 0 fully saturated rings. The molecule has 0 saturated heterocycles. The standard InChI is InChI=1S/C15H11NO/c1-2-6-12(7-3-1)17-15-10-4-9-14-13(15)8-5-11-16-14/h1-11H. The van der Waals surface area contributed by atoms with Crippen molar-refractivity contribution < 1.29 is 4.74 Å². The van der Waals surface area contributed by atoms with Crippen molar-refractivity contribution >= 4 is 10.9 Å². The third kappa shape index (κ3) is 1.97. The summed E-state index contributed by atoms with van der Waals surface area (Å²) in [5.41, 5.74) is 0.945. The van der Waals surface area contributed by atoms with E-state index in [1.165, 1.54) is 0 Å². The van der Waals surface area contributed by atoms with E-state index in [0.717, 1.165) is 22.4 Å². The molecule has 0 N–H and O–H groups in total. The second-order valence-electron chi connectivity index (χ2n) is 3.74. The number of ether oxygens (including phenoxy) is 1. The molecule has 2 heteroatoms. The van der Waals surface area contributed by atoms with Crippen molar-refractivity contribution in [3.05, 3.63) is 66.9 Å². The molecule has 82 valence electrons. The van der Waals surface area contributed by atoms with Crippen LogP contribution >= 0.6 is 0 Å². The summed E-state index contributed by atoms with van der Waals surface area (Å²) >= 11 is 0. The largest absolute Gasteiger partial charge is 0.457 e. The smallest absolute Gasteiger partial charge is 0.136 e. The molecule has 2 aromatic carbocycles. The normalized spacial score (nSPS) is 10.4. The van der Waals surface area contributed by atoms with Gasteiger partial charge in [0, 0.05) is 11.6 Å². The highest BCUT2D eigenvalue weighted by Crippen LogP contribution is 2.28. The first-order chi connectivity index (χ1) is 8.43. The van der Waals surface area contributed by atoms with E-state index in [-0.39, 0.29) is 0 Å². The second-order valence-corrected chi connectivity index (χ2v) is 3.74. The van der Waals surface area contributed by atoms with Crippen molar-refractivity contribution in [2.75, 3.05) is 0 Å². The minimum atomic E-state index is 0.835. The Balaban J connectivity index is 2.06. The molecule has 0 unspecified atom stereocenters. The summed E-state index contributed by atoms with van der Waals surface area (Å²) in [6.07, 6.45) is 1.79. The number of fused-ring (bicyclic) bond motifs is 1. The summed E-state index contributed by atoms with van der Waals surface area (Å²) in [6, 6.07) is 19.6. The highest BCUT2D eigenvalue weighted by Gasteiger charge is 2.02. The molecule has 3 aromatic rings. The van der Waals surface area contributed by atoms with E-state index in [2.05, 4.69) is 4.98 Å². The molecule has 0 atom stereocenters. The molecule has 0 saturated carbocycles. The Morgan fingerprint density at radius 3 is 2.53 bits per heavy atom. The lowest BCUT2D eigenvalue weighted by Crippen LogP contribution is -1.86. The zero-order valence-corrected chi connectivity index (χ0v) is 9.21. The number of aromatic nitrogens is 1. The van der Waals surface area contributed by atoms with Gasteiger partial charge in [0.1, 0.15) is 11.5 Å². The van der Waals surface area contributed by atoms with Gasteiger partial charge in [-0.3, -0.25) is 4.98 Å². The molecule has 1 heterocycles. The summed E-state index contributed by atoms with van der Waals surface area (Å²) in [5, 5.41) is 1.03. The van der Waals surface area contributed by atoms with E-state index in [0.29, 0.717) is 0 Å². The van der Waals surface area contributed by atoms with E-state index >= 15 is 0 Å². The maximum Gasteiger partial charge on any atom is 0.136 e. The molecule has 0 bridgehead atoms. The van der Waals surface area contributed by atoms with Crippen LogP contribution in [0.2, 0.25) is 0 Å². The average molecular weight is 221 g/mol. The Labute approximate surface area is 99.5 Å². The minimum Gasteiger partial charge on any atom is -0.457 e. The van der Waals surface area contributed by atoms with E-state index in [9.17, 15) is 0 Å². The molecule has 0 radical (unpaired) electrons. The topological polar surface area (TPSA) is 22.1 Å². The Bertz CT molecular complexity index is 629. The lowest BCUT2D eigenvalue weighted by molar-refractivity contribution is 0.488. The Kier molecular flexibility index (Phi) is 2.47. The Morgan fingerprint density at radius 2 is 1.65 bits per heavy atom. The fourth-order valence-corrected chi connectivity index (χ4v) is 1.78. The summed E-state index contributed by atoms with van der Waals surface area (Å²) < 4.78 is 5.85. The van der Waals surface area contributed by atoms with Gasteiger partial charge in [0.25, 0.3) is 0 Å². The summed E-state index contributed by atoms with van der Waals surface area (Å²) in [6.45, 7) is 0. The van der Waals surface area contributed by atoms with Gasteiger partial charge in [-0.1, -0.05) is 24.3 Å². The third-order valence-electron chi connectivity index (χ3n) is 2.58. The van der Waals surface area contributed by atoms with Crippen LogP contribution in [0.5, 0.6) is 11.5 Å². The second kappa shape index (κ2) is 4.26. The minimum absolute atomic E-state index is 0.835. The lowest BCUT2D eigenvalue weighted by Gasteiger charge is -2.07. The molecule has 0 aliphatic rings. The average Bonchev–Trinajstić information content (AvgIpc) is 2.40. The molecular formula is C15H11NO. The molecule has 0 aliphatic heterocycles. The number of hydrogen-bond donors (Lipinski definition) is 0. The van der Waals surface area contributed by atoms with Crippen LogP contribution in [-0.4, -0.2) is 4.98 Å². The van der Waals surface area contributed by atoms with Gasteiger partial charge in [-0.25, -0.2) is 0 Å². The molecule has 17 heavy (non-hydrogen) atoms. The van der Waals surface area contributed by atoms with Crippen LogP contribution in [0, 0.1) is 0 Å². The highest BCUT2D eigenvalue weighted by atomic mass is 16.5. The van der Waals surface area contributed by atoms with Crippen molar-refractivity contribution in [2.24, 2.45) is 0 Å². The zero-order valence-electron chi connectivity index (χ0n) is 9.21. The van der Waals surface area contributed by atoms with Crippen molar-refractivity contribution in [1.82, 2.24) is 4.98 Å². The number of benzene rings is 2. The first-order valence-electron chi connectivity index (χ1n) is 5.50. The zero-order chi connectivity index (χ0) is 11.5. The molecule has 0 spiro atoms. The van der Waals surface area contributed by atoms with Gasteiger partial charge < -0.3 is 4.74 Å². The van der Waals surface area contributed by atoms with E-state index < -0.39 is 0 Å². The number of para-hydroxylation sites is 1. The molecule has 1 aromatic heterocycles. The summed E-state index contributed by atoms with van der Waals surface area (Å²) in [7, 11) is 0. The fourth-order valence-electron chi connectivity index (χ4n) is 1.78. The number of hydrogen-bond acceptors (Lipinski definition) is 2. The van der Waals surface area contributed by atoms with E-state index in [1.807, 2.05) is 60.7 Å². The predicted octanol–water partition coefficient (Wildman–Crippen LogP) is 4.03. The van der Waals surface area contributed by atoms with Crippen LogP contribution in [0.25, 0.3) is 10.9 Å². The van der Waals surface area contributed by atoms with Gasteiger partial charge in [0.15, 0.2) is 0 Å². The SMILES string of the molecule is c1ccc(Oc2cccc3ncccc23)cc1. The van der Waals surface area contributed by atoms with E-state index in [1.54, 1.807) is 6.20 Å². The van der Waals surface area contributed by atoms with Crippen molar-refractivity contribution in [3.8, 4) is 11.5 Å². The predicted molar refractivity (Wildman–Crippen MR) is 68.3 cm³/mol. The summed E-state index contributed by atoms with van der Waals surface area (Å²) in [4.78, 5) is 4.30. The van der Waals surface area contributed by atoms with Gasteiger partial charge in [-0.2, -0.15) is 0 Å². The first-order valence-corrected chi connectivity index (χ1v) is 5.50. The van der Waals surface area contributed by atoms with Gasteiger partial charge >= 0.3 is 0 Å². The van der Waals surface area contributed by atoms with Gasteiger partial charge in [0.05, 0.1) is 5.52 Å². The third-order valence-corrected chi connectivity index (χ3v) is 2.58.